The van der Waals surface area contributed by atoms with Crippen LogP contribution in [-0.2, 0) is 52.4 Å². The van der Waals surface area contributed by atoms with E-state index in [0.29, 0.717) is 4.90 Å². The van der Waals surface area contributed by atoms with Gasteiger partial charge in [0.2, 0.25) is 0 Å². The van der Waals surface area contributed by atoms with E-state index in [-0.39, 0.29) is 69.1 Å². The van der Waals surface area contributed by atoms with Gasteiger partial charge in [0.15, 0.2) is 0 Å². The number of urea groups is 1. The number of carboxylic acids is 4. The number of hydrogen-bond donors (Lipinski definition) is 13. The zero-order valence-electron chi connectivity index (χ0n) is 19.8. The number of carbonyl (C=O) groups is 5. The van der Waals surface area contributed by atoms with Gasteiger partial charge in [-0.1, -0.05) is 0 Å². The first kappa shape index (κ1) is 58.8. The predicted molar refractivity (Wildman–Crippen MR) is 117 cm³/mol. The molecule has 0 heterocycles. The molecule has 0 aromatic heterocycles. The summed E-state index contributed by atoms with van der Waals surface area (Å²) < 4.78 is 26.4. The molecular formula is C10H26CaN3O22P3Zn+2. The number of amides is 2. The van der Waals surface area contributed by atoms with Crippen LogP contribution in [0.1, 0.15) is 12.8 Å². The Kier molecular flexibility index (Phi) is 43.8. The minimum Gasteiger partial charge on any atom is -0.756 e. The van der Waals surface area contributed by atoms with Gasteiger partial charge in [-0.25, -0.2) is 9.36 Å². The molecule has 17 N–H and O–H groups in total. The van der Waals surface area contributed by atoms with Gasteiger partial charge in [0.25, 0.3) is 15.6 Å². The second-order valence-corrected chi connectivity index (χ2v) is 8.36. The van der Waals surface area contributed by atoms with Crippen molar-refractivity contribution in [1.82, 2.24) is 4.90 Å². The molecule has 0 saturated carbocycles. The third-order valence-corrected chi connectivity index (χ3v) is 2.03. The summed E-state index contributed by atoms with van der Waals surface area (Å²) in [5, 5.41) is 34.4. The molecule has 0 rings (SSSR count). The maximum absolute atomic E-state index is 10.9. The average Bonchev–Trinajstić information content (AvgIpc) is 2.47. The molecule has 0 aromatic carbocycles. The first-order valence-electron chi connectivity index (χ1n) is 7.95. The van der Waals surface area contributed by atoms with E-state index in [9.17, 15) is 19.2 Å². The molecule has 40 heavy (non-hydrogen) atoms. The summed E-state index contributed by atoms with van der Waals surface area (Å²) in [6.07, 6.45) is -0.863. The van der Waals surface area contributed by atoms with Crippen molar-refractivity contribution in [1.29, 1.82) is 0 Å². The van der Waals surface area contributed by atoms with Crippen molar-refractivity contribution < 1.29 is 127 Å². The van der Waals surface area contributed by atoms with E-state index in [2.05, 4.69) is 11.5 Å². The predicted octanol–water partition coefficient (Wildman–Crippen LogP) is -7.46. The fourth-order valence-electron chi connectivity index (χ4n) is 1.35. The van der Waals surface area contributed by atoms with E-state index in [4.69, 9.17) is 83.0 Å². The van der Waals surface area contributed by atoms with E-state index >= 15 is 0 Å². The van der Waals surface area contributed by atoms with E-state index in [1.54, 1.807) is 0 Å². The van der Waals surface area contributed by atoms with E-state index in [1.807, 2.05) is 0 Å². The SMILES string of the molecule is NC(N)=O.O.O=C(O)CCC(C(=O)O)N(CC(=O)O)CC(=O)O.O=P(O)(O)O.O=P([O-])(O)O.O=P([O-])(O)O.[Ca+2].[Zn+2]. The third-order valence-electron chi connectivity index (χ3n) is 2.03. The van der Waals surface area contributed by atoms with Gasteiger partial charge in [-0.15, -0.1) is 0 Å². The topological polar surface area (TPSA) is 492 Å². The molecule has 1 unspecified atom stereocenters. The summed E-state index contributed by atoms with van der Waals surface area (Å²) in [6.45, 7) is -1.58. The molecule has 0 radical (unpaired) electrons. The van der Waals surface area contributed by atoms with Gasteiger partial charge in [0.1, 0.15) is 6.04 Å². The van der Waals surface area contributed by atoms with Crippen LogP contribution < -0.4 is 21.3 Å². The Balaban J connectivity index is -0.0000000639. The van der Waals surface area contributed by atoms with Crippen LogP contribution in [0.4, 0.5) is 4.79 Å². The number of carboxylic acid groups (broad SMARTS) is 4. The van der Waals surface area contributed by atoms with E-state index < -0.39 is 78.9 Å². The Bertz CT molecular complexity index is 782. The van der Waals surface area contributed by atoms with Gasteiger partial charge in [0, 0.05) is 6.42 Å². The molecule has 0 spiro atoms. The summed E-state index contributed by atoms with van der Waals surface area (Å²) in [6, 6.07) is -2.30. The average molecular weight is 739 g/mol. The smallest absolute Gasteiger partial charge is 0.756 e. The summed E-state index contributed by atoms with van der Waals surface area (Å²) >= 11 is 0. The summed E-state index contributed by atoms with van der Waals surface area (Å²) in [5.41, 5.74) is 8.50. The molecule has 0 fully saturated rings. The Labute approximate surface area is 265 Å². The van der Waals surface area contributed by atoms with Crippen LogP contribution >= 0.6 is 23.5 Å². The monoisotopic (exact) mass is 737 g/mol. The van der Waals surface area contributed by atoms with Gasteiger partial charge in [-0.2, -0.15) is 0 Å². The maximum atomic E-state index is 10.9. The van der Waals surface area contributed by atoms with Gasteiger partial charge in [-0.05, 0) is 6.42 Å². The molecular weight excluding hydrogens is 712 g/mol. The van der Waals surface area contributed by atoms with Crippen molar-refractivity contribution in [2.24, 2.45) is 11.5 Å². The number of nitrogens with two attached hydrogens (primary N) is 2. The minimum atomic E-state index is -4.89. The largest absolute Gasteiger partial charge is 2.00 e. The van der Waals surface area contributed by atoms with Crippen LogP contribution in [-0.4, -0.2) is 152 Å². The molecule has 0 saturated heterocycles. The number of phosphoric acid groups is 3. The normalized spacial score (nSPS) is 10.4. The molecule has 2 amide bonds. The van der Waals surface area contributed by atoms with Crippen LogP contribution in [0.15, 0.2) is 0 Å². The Hall–Kier alpha value is -0.717. The van der Waals surface area contributed by atoms with Crippen molar-refractivity contribution in [3.05, 3.63) is 0 Å². The molecule has 30 heteroatoms. The van der Waals surface area contributed by atoms with Crippen LogP contribution in [0.5, 0.6) is 0 Å². The molecule has 0 aliphatic carbocycles. The Morgan fingerprint density at radius 2 is 0.900 bits per heavy atom. The Morgan fingerprint density at radius 1 is 0.700 bits per heavy atom. The third kappa shape index (κ3) is 119. The molecule has 1 atom stereocenters. The number of rotatable bonds is 9. The van der Waals surface area contributed by atoms with Crippen LogP contribution in [0.3, 0.4) is 0 Å². The summed E-state index contributed by atoms with van der Waals surface area (Å²) in [5.74, 6) is -5.48. The van der Waals surface area contributed by atoms with Gasteiger partial charge < -0.3 is 81.4 Å². The van der Waals surface area contributed by atoms with E-state index in [1.165, 1.54) is 0 Å². The van der Waals surface area contributed by atoms with Crippen molar-refractivity contribution in [3.63, 3.8) is 0 Å². The standard InChI is InChI=1S/C9H13NO8.CH4N2O.Ca.3H3O4P.H2O.Zn/c11-6(12)2-1-5(9(17)18)10(3-7(13)14)4-8(15)16;2-1(3)4;;3*1-5(2,3)4;;/h5H,1-4H2,(H,11,12)(H,13,14)(H,15,16)(H,17,18);(H4,2,3,4);;3*(H3,1,2,3,4);1H2;/q;;+2;;;;;+2/p-2. The number of hydrogen-bond acceptors (Lipinski definition) is 11. The quantitative estimate of drug-likeness (QED) is 0.0771. The molecule has 25 nitrogen and oxygen atoms in total. The Morgan fingerprint density at radius 3 is 1.02 bits per heavy atom. The number of nitrogens with zero attached hydrogens (tertiary/aromatic N) is 1. The van der Waals surface area contributed by atoms with Gasteiger partial charge >= 0.3 is 94.9 Å². The number of aliphatic carboxylic acids is 4. The molecule has 0 aliphatic rings. The second kappa shape index (κ2) is 29.8. The maximum Gasteiger partial charge on any atom is 2.00 e. The summed E-state index contributed by atoms with van der Waals surface area (Å²) in [4.78, 5) is 119. The minimum absolute atomic E-state index is 0. The zero-order chi connectivity index (χ0) is 31.4. The fraction of sp³-hybridized carbons (Fsp3) is 0.500. The van der Waals surface area contributed by atoms with Crippen molar-refractivity contribution in [2.75, 3.05) is 13.1 Å². The van der Waals surface area contributed by atoms with Crippen molar-refractivity contribution >= 4 is 91.1 Å². The van der Waals surface area contributed by atoms with Crippen LogP contribution in [0, 0.1) is 0 Å². The number of carbonyl (C=O) groups excluding carboxylic acids is 1. The van der Waals surface area contributed by atoms with E-state index in [0.717, 1.165) is 0 Å². The van der Waals surface area contributed by atoms with Crippen molar-refractivity contribution in [3.8, 4) is 0 Å². The summed E-state index contributed by atoms with van der Waals surface area (Å²) in [7, 11) is -14.4. The van der Waals surface area contributed by atoms with Crippen LogP contribution in [0.25, 0.3) is 0 Å². The van der Waals surface area contributed by atoms with Gasteiger partial charge in [-0.3, -0.25) is 33.2 Å². The molecule has 0 aliphatic heterocycles. The molecule has 0 aromatic rings. The first-order valence-corrected chi connectivity index (χ1v) is 12.6. The van der Waals surface area contributed by atoms with Gasteiger partial charge in [0.05, 0.1) is 13.1 Å². The first-order chi connectivity index (χ1) is 16.0. The molecule has 230 valence electrons. The number of primary amides is 2. The zero-order valence-corrected chi connectivity index (χ0v) is 27.6. The second-order valence-electron chi connectivity index (χ2n) is 5.38. The van der Waals surface area contributed by atoms with Crippen LogP contribution in [0.2, 0.25) is 0 Å². The molecule has 0 bridgehead atoms. The fourth-order valence-corrected chi connectivity index (χ4v) is 1.35. The van der Waals surface area contributed by atoms with Crippen molar-refractivity contribution in [2.45, 2.75) is 18.9 Å².